The van der Waals surface area contributed by atoms with Crippen LogP contribution in [0.15, 0.2) is 12.2 Å². The van der Waals surface area contributed by atoms with Gasteiger partial charge in [-0.3, -0.25) is 4.79 Å². The first-order valence-corrected chi connectivity index (χ1v) is 5.19. The van der Waals surface area contributed by atoms with E-state index >= 15 is 0 Å². The highest BCUT2D eigenvalue weighted by atomic mass is 16.3. The molecule has 1 heterocycles. The third-order valence-electron chi connectivity index (χ3n) is 2.68. The molecule has 0 bridgehead atoms. The van der Waals surface area contributed by atoms with Gasteiger partial charge in [-0.05, 0) is 39.2 Å². The summed E-state index contributed by atoms with van der Waals surface area (Å²) in [5.41, 5.74) is -0.592. The topological polar surface area (TPSA) is 40.5 Å². The minimum Gasteiger partial charge on any atom is -0.390 e. The average molecular weight is 197 g/mol. The highest BCUT2D eigenvalue weighted by molar-refractivity contribution is 5.87. The number of carbonyl (C=O) groups is 1. The highest BCUT2D eigenvalue weighted by Gasteiger charge is 2.25. The van der Waals surface area contributed by atoms with Crippen LogP contribution in [0.5, 0.6) is 0 Å². The Labute approximate surface area is 85.4 Å². The molecule has 0 radical (unpaired) electrons. The van der Waals surface area contributed by atoms with Gasteiger partial charge in [0.15, 0.2) is 0 Å². The molecule has 14 heavy (non-hydrogen) atoms. The fraction of sp³-hybridized carbons (Fsp3) is 0.727. The molecule has 1 unspecified atom stereocenters. The Hall–Kier alpha value is -0.830. The van der Waals surface area contributed by atoms with Gasteiger partial charge in [0, 0.05) is 13.1 Å². The minimum absolute atomic E-state index is 0.0604. The van der Waals surface area contributed by atoms with Crippen molar-refractivity contribution in [2.24, 2.45) is 0 Å². The zero-order valence-electron chi connectivity index (χ0n) is 8.99. The van der Waals surface area contributed by atoms with Gasteiger partial charge in [0.1, 0.15) is 0 Å². The quantitative estimate of drug-likeness (QED) is 0.644. The summed E-state index contributed by atoms with van der Waals surface area (Å²) < 4.78 is 0. The van der Waals surface area contributed by atoms with Crippen molar-refractivity contribution in [1.29, 1.82) is 0 Å². The fourth-order valence-corrected chi connectivity index (χ4v) is 1.73. The van der Waals surface area contributed by atoms with Gasteiger partial charge >= 0.3 is 0 Å². The molecule has 0 aliphatic carbocycles. The molecule has 0 spiro atoms. The molecular formula is C11H19NO2. The molecular weight excluding hydrogens is 178 g/mol. The van der Waals surface area contributed by atoms with Crippen molar-refractivity contribution in [1.82, 2.24) is 4.90 Å². The van der Waals surface area contributed by atoms with Gasteiger partial charge in [-0.25, -0.2) is 0 Å². The van der Waals surface area contributed by atoms with Gasteiger partial charge < -0.3 is 10.0 Å². The first kappa shape index (κ1) is 11.2. The maximum atomic E-state index is 11.5. The highest BCUT2D eigenvalue weighted by Crippen LogP contribution is 2.21. The van der Waals surface area contributed by atoms with E-state index in [-0.39, 0.29) is 5.91 Å². The largest absolute Gasteiger partial charge is 0.390 e. The molecule has 1 aliphatic heterocycles. The molecule has 0 aromatic heterocycles. The van der Waals surface area contributed by atoms with Gasteiger partial charge in [-0.1, -0.05) is 6.08 Å². The van der Waals surface area contributed by atoms with Crippen LogP contribution in [0.25, 0.3) is 0 Å². The second-order valence-corrected chi connectivity index (χ2v) is 4.18. The van der Waals surface area contributed by atoms with Crippen LogP contribution in [0.3, 0.4) is 0 Å². The first-order chi connectivity index (χ1) is 6.55. The number of amides is 1. The third-order valence-corrected chi connectivity index (χ3v) is 2.68. The van der Waals surface area contributed by atoms with Crippen LogP contribution in [0.4, 0.5) is 0 Å². The summed E-state index contributed by atoms with van der Waals surface area (Å²) in [6.07, 6.45) is 5.69. The van der Waals surface area contributed by atoms with Crippen molar-refractivity contribution in [3.63, 3.8) is 0 Å². The lowest BCUT2D eigenvalue weighted by atomic mass is 9.98. The Morgan fingerprint density at radius 2 is 2.14 bits per heavy atom. The summed E-state index contributed by atoms with van der Waals surface area (Å²) in [6.45, 7) is 5.11. The predicted octanol–water partition coefficient (Wildman–Crippen LogP) is 1.33. The van der Waals surface area contributed by atoms with Gasteiger partial charge in [0.2, 0.25) is 5.91 Å². The predicted molar refractivity (Wildman–Crippen MR) is 55.9 cm³/mol. The van der Waals surface area contributed by atoms with Crippen LogP contribution in [0, 0.1) is 0 Å². The number of hydrogen-bond acceptors (Lipinski definition) is 2. The zero-order valence-corrected chi connectivity index (χ0v) is 8.99. The smallest absolute Gasteiger partial charge is 0.246 e. The molecule has 0 saturated carbocycles. The Kier molecular flexibility index (Phi) is 3.69. The number of aliphatic hydroxyl groups is 1. The van der Waals surface area contributed by atoms with Gasteiger partial charge in [-0.2, -0.15) is 0 Å². The SMILES string of the molecule is C/C=C/C(=O)N1CCCC(C)(O)CC1. The van der Waals surface area contributed by atoms with E-state index in [0.29, 0.717) is 13.0 Å². The number of likely N-dealkylation sites (tertiary alicyclic amines) is 1. The van der Waals surface area contributed by atoms with Crippen LogP contribution in [0.1, 0.15) is 33.1 Å². The van der Waals surface area contributed by atoms with Crippen LogP contribution >= 0.6 is 0 Å². The van der Waals surface area contributed by atoms with Crippen molar-refractivity contribution < 1.29 is 9.90 Å². The molecule has 0 aromatic rings. The van der Waals surface area contributed by atoms with Crippen molar-refractivity contribution in [2.75, 3.05) is 13.1 Å². The zero-order chi connectivity index (χ0) is 10.6. The van der Waals surface area contributed by atoms with Crippen LogP contribution in [-0.2, 0) is 4.79 Å². The van der Waals surface area contributed by atoms with E-state index in [2.05, 4.69) is 0 Å². The summed E-state index contributed by atoms with van der Waals surface area (Å²) in [5, 5.41) is 9.83. The van der Waals surface area contributed by atoms with E-state index in [1.165, 1.54) is 0 Å². The summed E-state index contributed by atoms with van der Waals surface area (Å²) in [4.78, 5) is 13.3. The van der Waals surface area contributed by atoms with Gasteiger partial charge in [-0.15, -0.1) is 0 Å². The minimum atomic E-state index is -0.592. The maximum absolute atomic E-state index is 11.5. The number of allylic oxidation sites excluding steroid dienone is 1. The molecule has 80 valence electrons. The summed E-state index contributed by atoms with van der Waals surface area (Å²) in [7, 11) is 0. The molecule has 0 aromatic carbocycles. The molecule has 1 N–H and O–H groups in total. The number of nitrogens with zero attached hydrogens (tertiary/aromatic N) is 1. The van der Waals surface area contributed by atoms with Crippen LogP contribution in [0.2, 0.25) is 0 Å². The fourth-order valence-electron chi connectivity index (χ4n) is 1.73. The van der Waals surface area contributed by atoms with Crippen molar-refractivity contribution >= 4 is 5.91 Å². The molecule has 1 aliphatic rings. The molecule has 1 rings (SSSR count). The van der Waals surface area contributed by atoms with Crippen LogP contribution < -0.4 is 0 Å². The molecule has 3 nitrogen and oxygen atoms in total. The van der Waals surface area contributed by atoms with Crippen molar-refractivity contribution in [2.45, 2.75) is 38.7 Å². The molecule has 1 atom stereocenters. The lowest BCUT2D eigenvalue weighted by Gasteiger charge is -2.21. The lowest BCUT2D eigenvalue weighted by Crippen LogP contribution is -2.32. The van der Waals surface area contributed by atoms with E-state index in [9.17, 15) is 9.90 Å². The maximum Gasteiger partial charge on any atom is 0.246 e. The third kappa shape index (κ3) is 3.14. The molecule has 1 saturated heterocycles. The van der Waals surface area contributed by atoms with Crippen LogP contribution in [-0.4, -0.2) is 34.6 Å². The van der Waals surface area contributed by atoms with Crippen molar-refractivity contribution in [3.05, 3.63) is 12.2 Å². The van der Waals surface area contributed by atoms with E-state index in [1.807, 2.05) is 18.7 Å². The summed E-state index contributed by atoms with van der Waals surface area (Å²) in [5.74, 6) is 0.0604. The Balaban J connectivity index is 2.54. The standard InChI is InChI=1S/C11H19NO2/c1-3-5-10(13)12-8-4-6-11(2,14)7-9-12/h3,5,14H,4,6-9H2,1-2H3/b5-3+. The Bertz CT molecular complexity index is 233. The molecule has 1 fully saturated rings. The van der Waals surface area contributed by atoms with Gasteiger partial charge in [0.25, 0.3) is 0 Å². The molecule has 3 heteroatoms. The second kappa shape index (κ2) is 4.60. The number of carbonyl (C=O) groups excluding carboxylic acids is 1. The van der Waals surface area contributed by atoms with E-state index in [1.54, 1.807) is 12.2 Å². The Morgan fingerprint density at radius 1 is 1.43 bits per heavy atom. The first-order valence-electron chi connectivity index (χ1n) is 5.19. The van der Waals surface area contributed by atoms with E-state index < -0.39 is 5.60 Å². The monoisotopic (exact) mass is 197 g/mol. The lowest BCUT2D eigenvalue weighted by molar-refractivity contribution is -0.126. The second-order valence-electron chi connectivity index (χ2n) is 4.18. The van der Waals surface area contributed by atoms with Crippen molar-refractivity contribution in [3.8, 4) is 0 Å². The van der Waals surface area contributed by atoms with E-state index in [4.69, 9.17) is 0 Å². The number of hydrogen-bond donors (Lipinski definition) is 1. The normalized spacial score (nSPS) is 29.2. The summed E-state index contributed by atoms with van der Waals surface area (Å²) in [6, 6.07) is 0. The number of rotatable bonds is 1. The Morgan fingerprint density at radius 3 is 2.79 bits per heavy atom. The van der Waals surface area contributed by atoms with Gasteiger partial charge in [0.05, 0.1) is 5.60 Å². The average Bonchev–Trinajstić information content (AvgIpc) is 2.27. The van der Waals surface area contributed by atoms with E-state index in [0.717, 1.165) is 19.4 Å². The summed E-state index contributed by atoms with van der Waals surface area (Å²) >= 11 is 0. The molecule has 1 amide bonds.